The normalized spacial score (nSPS) is 18.4. The fourth-order valence-corrected chi connectivity index (χ4v) is 3.49. The smallest absolute Gasteiger partial charge is 0.123 e. The third kappa shape index (κ3) is 7.74. The summed E-state index contributed by atoms with van der Waals surface area (Å²) in [6, 6.07) is 0. The van der Waals surface area contributed by atoms with Crippen molar-refractivity contribution in [2.45, 2.75) is 96.8 Å². The first kappa shape index (κ1) is 16.7. The zero-order chi connectivity index (χ0) is 13.8. The summed E-state index contributed by atoms with van der Waals surface area (Å²) in [5.41, 5.74) is 0. The molecule has 19 heavy (non-hydrogen) atoms. The molecule has 0 aliphatic heterocycles. The highest BCUT2D eigenvalue weighted by Gasteiger charge is 2.22. The second-order valence-corrected chi connectivity index (χ2v) is 6.46. The third-order valence-corrected chi connectivity index (χ3v) is 4.82. The molecular weight excluding hydrogens is 232 g/mol. The van der Waals surface area contributed by atoms with Crippen LogP contribution in [0.25, 0.3) is 0 Å². The fourth-order valence-electron chi connectivity index (χ4n) is 3.49. The summed E-state index contributed by atoms with van der Waals surface area (Å²) in [4.78, 5) is 11.2. The molecule has 1 fully saturated rings. The molecule has 0 bridgehead atoms. The van der Waals surface area contributed by atoms with Crippen LogP contribution in [0, 0.1) is 11.8 Å². The van der Waals surface area contributed by atoms with Crippen LogP contribution in [0.1, 0.15) is 96.8 Å². The Labute approximate surface area is 120 Å². The lowest BCUT2D eigenvalue weighted by Gasteiger charge is -2.26. The minimum atomic E-state index is 0.375. The van der Waals surface area contributed by atoms with E-state index in [1.54, 1.807) is 0 Å². The topological polar surface area (TPSA) is 17.1 Å². The lowest BCUT2D eigenvalue weighted by atomic mass is 9.78. The minimum Gasteiger partial charge on any atom is -0.303 e. The zero-order valence-corrected chi connectivity index (χ0v) is 13.0. The van der Waals surface area contributed by atoms with Crippen LogP contribution in [0.3, 0.4) is 0 Å². The first-order valence-electron chi connectivity index (χ1n) is 8.83. The molecule has 1 saturated carbocycles. The van der Waals surface area contributed by atoms with Gasteiger partial charge >= 0.3 is 0 Å². The van der Waals surface area contributed by atoms with Crippen molar-refractivity contribution in [3.63, 3.8) is 0 Å². The van der Waals surface area contributed by atoms with Crippen molar-refractivity contribution >= 4 is 6.29 Å². The zero-order valence-electron chi connectivity index (χ0n) is 13.0. The summed E-state index contributed by atoms with van der Waals surface area (Å²) in [5.74, 6) is 1.09. The van der Waals surface area contributed by atoms with Gasteiger partial charge in [0.1, 0.15) is 6.29 Å². The number of unbranched alkanes of at least 4 members (excludes halogenated alkanes) is 7. The molecule has 0 aromatic carbocycles. The molecular formula is C18H34O. The summed E-state index contributed by atoms with van der Waals surface area (Å²) in [6.45, 7) is 2.27. The predicted octanol–water partition coefficient (Wildman–Crippen LogP) is 5.91. The molecule has 1 heteroatoms. The Morgan fingerprint density at radius 3 is 2.05 bits per heavy atom. The van der Waals surface area contributed by atoms with Crippen LogP contribution in [0.5, 0.6) is 0 Å². The summed E-state index contributed by atoms with van der Waals surface area (Å²) in [7, 11) is 0. The van der Waals surface area contributed by atoms with E-state index in [4.69, 9.17) is 0 Å². The largest absolute Gasteiger partial charge is 0.303 e. The van der Waals surface area contributed by atoms with E-state index < -0.39 is 0 Å². The number of hydrogen-bond donors (Lipinski definition) is 0. The van der Waals surface area contributed by atoms with Crippen LogP contribution >= 0.6 is 0 Å². The van der Waals surface area contributed by atoms with Crippen molar-refractivity contribution < 1.29 is 4.79 Å². The number of hydrogen-bond acceptors (Lipinski definition) is 1. The quantitative estimate of drug-likeness (QED) is 0.335. The monoisotopic (exact) mass is 266 g/mol. The van der Waals surface area contributed by atoms with Crippen molar-refractivity contribution in [3.05, 3.63) is 0 Å². The van der Waals surface area contributed by atoms with Gasteiger partial charge in [-0.3, -0.25) is 0 Å². The highest BCUT2D eigenvalue weighted by atomic mass is 16.1. The van der Waals surface area contributed by atoms with E-state index in [0.717, 1.165) is 12.3 Å². The van der Waals surface area contributed by atoms with Crippen LogP contribution < -0.4 is 0 Å². The van der Waals surface area contributed by atoms with Crippen LogP contribution in [0.4, 0.5) is 0 Å². The van der Waals surface area contributed by atoms with Gasteiger partial charge < -0.3 is 4.79 Å². The standard InChI is InChI=1S/C18H34O/c1-2-3-4-5-6-7-8-10-15-18(16-19)17-13-11-9-12-14-17/h16-18H,2-15H2,1H3. The van der Waals surface area contributed by atoms with Gasteiger partial charge in [-0.2, -0.15) is 0 Å². The van der Waals surface area contributed by atoms with Crippen molar-refractivity contribution in [2.24, 2.45) is 11.8 Å². The summed E-state index contributed by atoms with van der Waals surface area (Å²) in [6.07, 6.45) is 20.1. The van der Waals surface area contributed by atoms with Gasteiger partial charge in [0.15, 0.2) is 0 Å². The molecule has 1 aliphatic carbocycles. The Morgan fingerprint density at radius 2 is 1.47 bits per heavy atom. The van der Waals surface area contributed by atoms with Crippen molar-refractivity contribution in [2.75, 3.05) is 0 Å². The van der Waals surface area contributed by atoms with E-state index in [0.29, 0.717) is 5.92 Å². The van der Waals surface area contributed by atoms with E-state index in [-0.39, 0.29) is 0 Å². The summed E-state index contributed by atoms with van der Waals surface area (Å²) in [5, 5.41) is 0. The van der Waals surface area contributed by atoms with Gasteiger partial charge in [-0.15, -0.1) is 0 Å². The Balaban J connectivity index is 1.98. The van der Waals surface area contributed by atoms with Gasteiger partial charge in [0, 0.05) is 5.92 Å². The third-order valence-electron chi connectivity index (χ3n) is 4.82. The molecule has 1 nitrogen and oxygen atoms in total. The molecule has 0 aromatic heterocycles. The van der Waals surface area contributed by atoms with Crippen LogP contribution in [0.2, 0.25) is 0 Å². The van der Waals surface area contributed by atoms with E-state index >= 15 is 0 Å². The Bertz CT molecular complexity index is 206. The van der Waals surface area contributed by atoms with Crippen molar-refractivity contribution in [3.8, 4) is 0 Å². The van der Waals surface area contributed by atoms with E-state index in [1.807, 2.05) is 0 Å². The number of rotatable bonds is 11. The number of carbonyl (C=O) groups is 1. The molecule has 1 aliphatic rings. The van der Waals surface area contributed by atoms with Gasteiger partial charge in [-0.25, -0.2) is 0 Å². The molecule has 0 radical (unpaired) electrons. The molecule has 0 spiro atoms. The van der Waals surface area contributed by atoms with Crippen LogP contribution in [0.15, 0.2) is 0 Å². The van der Waals surface area contributed by atoms with Gasteiger partial charge in [0.05, 0.1) is 0 Å². The highest BCUT2D eigenvalue weighted by Crippen LogP contribution is 2.31. The minimum absolute atomic E-state index is 0.375. The number of aldehydes is 1. The molecule has 1 atom stereocenters. The van der Waals surface area contributed by atoms with E-state index in [2.05, 4.69) is 6.92 Å². The molecule has 1 unspecified atom stereocenters. The highest BCUT2D eigenvalue weighted by molar-refractivity contribution is 5.53. The van der Waals surface area contributed by atoms with Gasteiger partial charge in [-0.05, 0) is 25.2 Å². The lowest BCUT2D eigenvalue weighted by Crippen LogP contribution is -2.19. The van der Waals surface area contributed by atoms with E-state index in [1.165, 1.54) is 89.8 Å². The molecule has 0 aromatic rings. The van der Waals surface area contributed by atoms with Crippen LogP contribution in [-0.2, 0) is 4.79 Å². The maximum Gasteiger partial charge on any atom is 0.123 e. The van der Waals surface area contributed by atoms with Gasteiger partial charge in [0.25, 0.3) is 0 Å². The first-order valence-corrected chi connectivity index (χ1v) is 8.83. The maximum absolute atomic E-state index is 11.2. The molecule has 0 saturated heterocycles. The average molecular weight is 266 g/mol. The van der Waals surface area contributed by atoms with E-state index in [9.17, 15) is 4.79 Å². The van der Waals surface area contributed by atoms with Gasteiger partial charge in [-0.1, -0.05) is 77.6 Å². The first-order chi connectivity index (χ1) is 9.38. The second kappa shape index (κ2) is 11.5. The fraction of sp³-hybridized carbons (Fsp3) is 0.944. The van der Waals surface area contributed by atoms with Crippen LogP contribution in [-0.4, -0.2) is 6.29 Å². The molecule has 112 valence electrons. The van der Waals surface area contributed by atoms with Crippen molar-refractivity contribution in [1.29, 1.82) is 0 Å². The molecule has 0 amide bonds. The lowest BCUT2D eigenvalue weighted by molar-refractivity contribution is -0.113. The summed E-state index contributed by atoms with van der Waals surface area (Å²) < 4.78 is 0. The Morgan fingerprint density at radius 1 is 0.895 bits per heavy atom. The molecule has 0 N–H and O–H groups in total. The Hall–Kier alpha value is -0.330. The SMILES string of the molecule is CCCCCCCCCCC(C=O)C1CCCCC1. The van der Waals surface area contributed by atoms with Gasteiger partial charge in [0.2, 0.25) is 0 Å². The maximum atomic E-state index is 11.2. The second-order valence-electron chi connectivity index (χ2n) is 6.46. The predicted molar refractivity (Wildman–Crippen MR) is 83.4 cm³/mol. The summed E-state index contributed by atoms with van der Waals surface area (Å²) >= 11 is 0. The van der Waals surface area contributed by atoms with Crippen molar-refractivity contribution in [1.82, 2.24) is 0 Å². The average Bonchev–Trinajstić information content (AvgIpc) is 2.47. The molecule has 1 rings (SSSR count). The Kier molecular flexibility index (Phi) is 10.1. The molecule has 0 heterocycles. The number of carbonyl (C=O) groups excluding carboxylic acids is 1.